The van der Waals surface area contributed by atoms with Crippen LogP contribution in [0.1, 0.15) is 16.1 Å². The first-order valence-electron chi connectivity index (χ1n) is 9.52. The molecular weight excluding hydrogens is 376 g/mol. The highest BCUT2D eigenvalue weighted by Crippen LogP contribution is 2.14. The van der Waals surface area contributed by atoms with Crippen molar-refractivity contribution in [1.82, 2.24) is 15.0 Å². The highest BCUT2D eigenvalue weighted by atomic mass is 16.5. The molecule has 1 aliphatic heterocycles. The summed E-state index contributed by atoms with van der Waals surface area (Å²) in [6, 6.07) is 8.47. The molecular formula is C20H26N4O5. The van der Waals surface area contributed by atoms with E-state index in [1.165, 1.54) is 0 Å². The predicted molar refractivity (Wildman–Crippen MR) is 106 cm³/mol. The fourth-order valence-electron chi connectivity index (χ4n) is 3.04. The van der Waals surface area contributed by atoms with Crippen LogP contribution in [0.3, 0.4) is 0 Å². The van der Waals surface area contributed by atoms with E-state index >= 15 is 0 Å². The van der Waals surface area contributed by atoms with Crippen molar-refractivity contribution in [3.05, 3.63) is 41.7 Å². The number of hydrogen-bond acceptors (Lipinski definition) is 7. The molecule has 29 heavy (non-hydrogen) atoms. The summed E-state index contributed by atoms with van der Waals surface area (Å²) in [6.07, 6.45) is 0. The van der Waals surface area contributed by atoms with E-state index in [0.717, 1.165) is 13.1 Å². The quantitative estimate of drug-likeness (QED) is 0.713. The number of morpholine rings is 1. The maximum atomic E-state index is 13.0. The van der Waals surface area contributed by atoms with Crippen LogP contribution in [0, 0.1) is 6.92 Å². The minimum absolute atomic E-state index is 0.0822. The van der Waals surface area contributed by atoms with Crippen LogP contribution in [0.15, 0.2) is 34.9 Å². The maximum Gasteiger partial charge on any atom is 0.254 e. The summed E-state index contributed by atoms with van der Waals surface area (Å²) in [5.74, 6) is 1.05. The maximum absolute atomic E-state index is 13.0. The number of benzene rings is 1. The Bertz CT molecular complexity index is 815. The standard InChI is InChI=1S/C20H26N4O5/c1-15-13-18(22-29-15)21-19(25)14-24(8-7-23-9-11-28-12-10-23)20(26)16-3-5-17(27-2)6-4-16/h3-6,13H,7-12,14H2,1-2H3,(H,21,22,25). The molecule has 0 unspecified atom stereocenters. The van der Waals surface area contributed by atoms with Crippen LogP contribution in [0.2, 0.25) is 0 Å². The summed E-state index contributed by atoms with van der Waals surface area (Å²) in [4.78, 5) is 29.3. The number of aromatic nitrogens is 1. The molecule has 0 bridgehead atoms. The average Bonchev–Trinajstić information content (AvgIpc) is 3.15. The van der Waals surface area contributed by atoms with Crippen molar-refractivity contribution in [3.8, 4) is 5.75 Å². The van der Waals surface area contributed by atoms with Crippen molar-refractivity contribution in [2.24, 2.45) is 0 Å². The number of carbonyl (C=O) groups excluding carboxylic acids is 2. The molecule has 0 atom stereocenters. The Kier molecular flexibility index (Phi) is 7.20. The monoisotopic (exact) mass is 402 g/mol. The van der Waals surface area contributed by atoms with E-state index in [1.54, 1.807) is 49.3 Å². The summed E-state index contributed by atoms with van der Waals surface area (Å²) in [7, 11) is 1.57. The number of aryl methyl sites for hydroxylation is 1. The smallest absolute Gasteiger partial charge is 0.254 e. The summed E-state index contributed by atoms with van der Waals surface area (Å²) < 4.78 is 15.5. The predicted octanol–water partition coefficient (Wildman–Crippen LogP) is 1.40. The van der Waals surface area contributed by atoms with E-state index in [-0.39, 0.29) is 18.4 Å². The fraction of sp³-hybridized carbons (Fsp3) is 0.450. The largest absolute Gasteiger partial charge is 0.497 e. The molecule has 2 amide bonds. The topological polar surface area (TPSA) is 97.1 Å². The lowest BCUT2D eigenvalue weighted by atomic mass is 10.2. The third kappa shape index (κ3) is 6.03. The van der Waals surface area contributed by atoms with E-state index in [4.69, 9.17) is 14.0 Å². The molecule has 9 nitrogen and oxygen atoms in total. The van der Waals surface area contributed by atoms with Crippen LogP contribution in [0.4, 0.5) is 5.82 Å². The van der Waals surface area contributed by atoms with Gasteiger partial charge in [0.15, 0.2) is 5.82 Å². The van der Waals surface area contributed by atoms with Gasteiger partial charge in [-0.15, -0.1) is 0 Å². The third-order valence-electron chi connectivity index (χ3n) is 4.64. The zero-order valence-corrected chi connectivity index (χ0v) is 16.7. The Morgan fingerprint density at radius 2 is 1.97 bits per heavy atom. The number of amides is 2. The molecule has 3 rings (SSSR count). The Hall–Kier alpha value is -2.91. The SMILES string of the molecule is COc1ccc(C(=O)N(CCN2CCOCC2)CC(=O)Nc2cc(C)on2)cc1. The van der Waals surface area contributed by atoms with Gasteiger partial charge in [-0.25, -0.2) is 0 Å². The minimum Gasteiger partial charge on any atom is -0.497 e. The fourth-order valence-corrected chi connectivity index (χ4v) is 3.04. The van der Waals surface area contributed by atoms with E-state index in [2.05, 4.69) is 15.4 Å². The van der Waals surface area contributed by atoms with Gasteiger partial charge in [0, 0.05) is 37.8 Å². The van der Waals surface area contributed by atoms with Crippen molar-refractivity contribution in [2.45, 2.75) is 6.92 Å². The van der Waals surface area contributed by atoms with Crippen LogP contribution >= 0.6 is 0 Å². The lowest BCUT2D eigenvalue weighted by Crippen LogP contribution is -2.45. The first-order chi connectivity index (χ1) is 14.0. The van der Waals surface area contributed by atoms with Gasteiger partial charge in [-0.05, 0) is 31.2 Å². The van der Waals surface area contributed by atoms with Crippen molar-refractivity contribution >= 4 is 17.6 Å². The van der Waals surface area contributed by atoms with Crippen molar-refractivity contribution < 1.29 is 23.6 Å². The number of anilines is 1. The van der Waals surface area contributed by atoms with Gasteiger partial charge in [-0.1, -0.05) is 5.16 Å². The van der Waals surface area contributed by atoms with Gasteiger partial charge >= 0.3 is 0 Å². The Morgan fingerprint density at radius 1 is 1.24 bits per heavy atom. The van der Waals surface area contributed by atoms with Gasteiger partial charge in [0.1, 0.15) is 18.1 Å². The molecule has 2 heterocycles. The van der Waals surface area contributed by atoms with Crippen LogP contribution in [-0.4, -0.2) is 79.8 Å². The zero-order valence-electron chi connectivity index (χ0n) is 16.7. The molecule has 1 aromatic heterocycles. The lowest BCUT2D eigenvalue weighted by molar-refractivity contribution is -0.117. The number of nitrogens with one attached hydrogen (secondary N) is 1. The first kappa shape index (κ1) is 20.8. The number of rotatable bonds is 8. The number of methoxy groups -OCH3 is 1. The summed E-state index contributed by atoms with van der Waals surface area (Å²) in [5.41, 5.74) is 0.498. The van der Waals surface area contributed by atoms with Gasteiger partial charge in [-0.3, -0.25) is 14.5 Å². The van der Waals surface area contributed by atoms with E-state index in [0.29, 0.717) is 49.2 Å². The minimum atomic E-state index is -0.331. The van der Waals surface area contributed by atoms with Gasteiger partial charge in [0.2, 0.25) is 5.91 Å². The van der Waals surface area contributed by atoms with E-state index in [1.807, 2.05) is 0 Å². The third-order valence-corrected chi connectivity index (χ3v) is 4.64. The Labute approximate surface area is 169 Å². The highest BCUT2D eigenvalue weighted by Gasteiger charge is 2.21. The number of hydrogen-bond donors (Lipinski definition) is 1. The number of nitrogens with zero attached hydrogens (tertiary/aromatic N) is 3. The van der Waals surface area contributed by atoms with Gasteiger partial charge in [0.25, 0.3) is 5.91 Å². The molecule has 0 radical (unpaired) electrons. The van der Waals surface area contributed by atoms with Crippen molar-refractivity contribution in [1.29, 1.82) is 0 Å². The lowest BCUT2D eigenvalue weighted by Gasteiger charge is -2.30. The van der Waals surface area contributed by atoms with Crippen molar-refractivity contribution in [3.63, 3.8) is 0 Å². The molecule has 1 aromatic carbocycles. The molecule has 0 aliphatic carbocycles. The van der Waals surface area contributed by atoms with Gasteiger partial charge in [0.05, 0.1) is 20.3 Å². The van der Waals surface area contributed by atoms with Crippen molar-refractivity contribution in [2.75, 3.05) is 58.4 Å². The van der Waals surface area contributed by atoms with Gasteiger partial charge in [-0.2, -0.15) is 0 Å². The summed E-state index contributed by atoms with van der Waals surface area (Å²) in [5, 5.41) is 6.42. The van der Waals surface area contributed by atoms with Gasteiger partial charge < -0.3 is 24.2 Å². The second-order valence-corrected chi connectivity index (χ2v) is 6.78. The summed E-state index contributed by atoms with van der Waals surface area (Å²) in [6.45, 7) is 5.74. The van der Waals surface area contributed by atoms with E-state index in [9.17, 15) is 9.59 Å². The number of ether oxygens (including phenoxy) is 2. The molecule has 0 spiro atoms. The normalized spacial score (nSPS) is 14.4. The zero-order chi connectivity index (χ0) is 20.6. The average molecular weight is 402 g/mol. The molecule has 1 aliphatic rings. The molecule has 0 saturated carbocycles. The Morgan fingerprint density at radius 3 is 2.59 bits per heavy atom. The molecule has 9 heteroatoms. The van der Waals surface area contributed by atoms with E-state index < -0.39 is 0 Å². The Balaban J connectivity index is 1.66. The second kappa shape index (κ2) is 10.0. The number of carbonyl (C=O) groups is 2. The molecule has 156 valence electrons. The van der Waals surface area contributed by atoms with Crippen LogP contribution in [0.25, 0.3) is 0 Å². The van der Waals surface area contributed by atoms with Crippen LogP contribution in [-0.2, 0) is 9.53 Å². The molecule has 2 aromatic rings. The second-order valence-electron chi connectivity index (χ2n) is 6.78. The molecule has 1 saturated heterocycles. The highest BCUT2D eigenvalue weighted by molar-refractivity contribution is 5.99. The first-order valence-corrected chi connectivity index (χ1v) is 9.52. The summed E-state index contributed by atoms with van der Waals surface area (Å²) >= 11 is 0. The molecule has 1 fully saturated rings. The van der Waals surface area contributed by atoms with Crippen LogP contribution in [0.5, 0.6) is 5.75 Å². The molecule has 1 N–H and O–H groups in total. The van der Waals surface area contributed by atoms with Crippen LogP contribution < -0.4 is 10.1 Å².